The summed E-state index contributed by atoms with van der Waals surface area (Å²) in [6.07, 6.45) is 2.10. The maximum absolute atomic E-state index is 9.04. The zero-order valence-electron chi connectivity index (χ0n) is 9.94. The van der Waals surface area contributed by atoms with Crippen molar-refractivity contribution in [1.82, 2.24) is 0 Å². The predicted molar refractivity (Wildman–Crippen MR) is 67.5 cm³/mol. The van der Waals surface area contributed by atoms with Crippen molar-refractivity contribution in [3.63, 3.8) is 0 Å². The first kappa shape index (κ1) is 13.6. The summed E-state index contributed by atoms with van der Waals surface area (Å²) in [7, 11) is 1.55. The molecule has 0 spiro atoms. The van der Waals surface area contributed by atoms with Crippen molar-refractivity contribution in [1.29, 1.82) is 5.26 Å². The third kappa shape index (κ3) is 3.81. The number of nitrogens with zero attached hydrogens (tertiary/aromatic N) is 2. The van der Waals surface area contributed by atoms with Gasteiger partial charge in [-0.15, -0.1) is 0 Å². The summed E-state index contributed by atoms with van der Waals surface area (Å²) >= 11 is 6.00. The Kier molecular flexibility index (Phi) is 5.61. The number of methoxy groups -OCH3 is 1. The van der Waals surface area contributed by atoms with Gasteiger partial charge >= 0.3 is 0 Å². The van der Waals surface area contributed by atoms with Crippen LogP contribution in [0.2, 0.25) is 5.02 Å². The number of benzene rings is 1. The molecule has 4 nitrogen and oxygen atoms in total. The van der Waals surface area contributed by atoms with E-state index >= 15 is 0 Å². The fourth-order valence-corrected chi connectivity index (χ4v) is 1.61. The van der Waals surface area contributed by atoms with Crippen LogP contribution in [0.15, 0.2) is 18.2 Å². The van der Waals surface area contributed by atoms with E-state index in [0.29, 0.717) is 30.5 Å². The zero-order chi connectivity index (χ0) is 12.7. The second-order valence-electron chi connectivity index (χ2n) is 3.27. The van der Waals surface area contributed by atoms with Gasteiger partial charge in [0.05, 0.1) is 31.0 Å². The molecule has 1 rings (SSSR count). The van der Waals surface area contributed by atoms with E-state index in [4.69, 9.17) is 26.3 Å². The fourth-order valence-electron chi connectivity index (χ4n) is 1.36. The molecule has 0 aliphatic heterocycles. The molecule has 0 bridgehead atoms. The minimum atomic E-state index is 0.488. The average molecular weight is 255 g/mol. The Morgan fingerprint density at radius 3 is 2.76 bits per heavy atom. The maximum Gasteiger partial charge on any atom is 0.184 e. The van der Waals surface area contributed by atoms with Gasteiger partial charge in [0.25, 0.3) is 0 Å². The monoisotopic (exact) mass is 254 g/mol. The second-order valence-corrected chi connectivity index (χ2v) is 3.67. The van der Waals surface area contributed by atoms with Gasteiger partial charge in [-0.3, -0.25) is 4.90 Å². The smallest absolute Gasteiger partial charge is 0.184 e. The molecule has 0 aliphatic rings. The lowest BCUT2D eigenvalue weighted by atomic mass is 10.3. The minimum Gasteiger partial charge on any atom is -0.495 e. The third-order valence-electron chi connectivity index (χ3n) is 2.23. The van der Waals surface area contributed by atoms with Crippen molar-refractivity contribution < 1.29 is 9.47 Å². The van der Waals surface area contributed by atoms with Gasteiger partial charge in [-0.05, 0) is 25.1 Å². The first-order valence-corrected chi connectivity index (χ1v) is 5.69. The van der Waals surface area contributed by atoms with Gasteiger partial charge in [0.15, 0.2) is 6.19 Å². The molecule has 0 unspecified atom stereocenters. The highest BCUT2D eigenvalue weighted by molar-refractivity contribution is 6.32. The number of anilines is 1. The van der Waals surface area contributed by atoms with Crippen molar-refractivity contribution in [3.8, 4) is 11.9 Å². The lowest BCUT2D eigenvalue weighted by Crippen LogP contribution is -2.21. The lowest BCUT2D eigenvalue weighted by Gasteiger charge is -2.16. The molecule has 92 valence electrons. The highest BCUT2D eigenvalue weighted by Crippen LogP contribution is 2.28. The summed E-state index contributed by atoms with van der Waals surface area (Å²) in [6, 6.07) is 5.23. The standard InChI is InChI=1S/C12H15ClN2O2/c1-3-17-7-6-15(9-14)10-4-5-12(16-2)11(13)8-10/h4-5,8H,3,6-7H2,1-2H3. The second kappa shape index (κ2) is 7.00. The number of hydrogen-bond donors (Lipinski definition) is 0. The molecule has 1 aromatic rings. The normalized spacial score (nSPS) is 9.76. The van der Waals surface area contributed by atoms with Crippen LogP contribution in [0.25, 0.3) is 0 Å². The Bertz CT molecular complexity index is 404. The third-order valence-corrected chi connectivity index (χ3v) is 2.53. The Balaban J connectivity index is 2.75. The topological polar surface area (TPSA) is 45.5 Å². The van der Waals surface area contributed by atoms with Gasteiger partial charge in [-0.2, -0.15) is 5.26 Å². The molecule has 0 N–H and O–H groups in total. The van der Waals surface area contributed by atoms with Gasteiger partial charge in [-0.1, -0.05) is 11.6 Å². The molecular weight excluding hydrogens is 240 g/mol. The van der Waals surface area contributed by atoms with E-state index < -0.39 is 0 Å². The van der Waals surface area contributed by atoms with Crippen LogP contribution in [-0.4, -0.2) is 26.9 Å². The van der Waals surface area contributed by atoms with Gasteiger partial charge in [-0.25, -0.2) is 0 Å². The fraction of sp³-hybridized carbons (Fsp3) is 0.417. The Morgan fingerprint density at radius 2 is 2.24 bits per heavy atom. The molecule has 17 heavy (non-hydrogen) atoms. The molecule has 0 heterocycles. The number of nitriles is 1. The van der Waals surface area contributed by atoms with E-state index in [2.05, 4.69) is 6.19 Å². The van der Waals surface area contributed by atoms with Crippen molar-refractivity contribution in [2.45, 2.75) is 6.92 Å². The number of hydrogen-bond acceptors (Lipinski definition) is 4. The molecule has 0 aliphatic carbocycles. The van der Waals surface area contributed by atoms with Crippen LogP contribution in [0.5, 0.6) is 5.75 Å². The van der Waals surface area contributed by atoms with Gasteiger partial charge < -0.3 is 9.47 Å². The average Bonchev–Trinajstić information content (AvgIpc) is 2.35. The number of halogens is 1. The molecule has 5 heteroatoms. The van der Waals surface area contributed by atoms with E-state index in [1.807, 2.05) is 6.92 Å². The summed E-state index contributed by atoms with van der Waals surface area (Å²) in [5.74, 6) is 0.595. The Morgan fingerprint density at radius 1 is 1.47 bits per heavy atom. The molecular formula is C12H15ClN2O2. The van der Waals surface area contributed by atoms with E-state index in [1.165, 1.54) is 4.90 Å². The summed E-state index contributed by atoms with van der Waals surface area (Å²) < 4.78 is 10.3. The van der Waals surface area contributed by atoms with Crippen LogP contribution in [0.3, 0.4) is 0 Å². The van der Waals surface area contributed by atoms with Gasteiger partial charge in [0, 0.05) is 6.61 Å². The SMILES string of the molecule is CCOCCN(C#N)c1ccc(OC)c(Cl)c1. The number of ether oxygens (including phenoxy) is 2. The van der Waals surface area contributed by atoms with E-state index in [1.54, 1.807) is 25.3 Å². The molecule has 0 fully saturated rings. The zero-order valence-corrected chi connectivity index (χ0v) is 10.7. The van der Waals surface area contributed by atoms with Crippen LogP contribution in [0, 0.1) is 11.5 Å². The molecule has 0 saturated heterocycles. The van der Waals surface area contributed by atoms with Crippen LogP contribution in [-0.2, 0) is 4.74 Å². The van der Waals surface area contributed by atoms with Crippen LogP contribution >= 0.6 is 11.6 Å². The largest absolute Gasteiger partial charge is 0.495 e. The summed E-state index contributed by atoms with van der Waals surface area (Å²) in [5, 5.41) is 9.53. The lowest BCUT2D eigenvalue weighted by molar-refractivity contribution is 0.155. The first-order valence-electron chi connectivity index (χ1n) is 5.31. The van der Waals surface area contributed by atoms with Gasteiger partial charge in [0.2, 0.25) is 0 Å². The molecule has 0 saturated carbocycles. The molecule has 0 amide bonds. The Hall–Kier alpha value is -1.44. The van der Waals surface area contributed by atoms with Crippen molar-refractivity contribution >= 4 is 17.3 Å². The first-order chi connectivity index (χ1) is 8.22. The quantitative estimate of drug-likeness (QED) is 0.445. The highest BCUT2D eigenvalue weighted by atomic mass is 35.5. The van der Waals surface area contributed by atoms with Crippen LogP contribution in [0.4, 0.5) is 5.69 Å². The summed E-state index contributed by atoms with van der Waals surface area (Å²) in [4.78, 5) is 1.53. The molecule has 0 atom stereocenters. The van der Waals surface area contributed by atoms with Crippen molar-refractivity contribution in [2.75, 3.05) is 31.8 Å². The van der Waals surface area contributed by atoms with Crippen molar-refractivity contribution in [3.05, 3.63) is 23.2 Å². The van der Waals surface area contributed by atoms with Crippen LogP contribution in [0.1, 0.15) is 6.92 Å². The number of rotatable bonds is 6. The molecule has 1 aromatic carbocycles. The van der Waals surface area contributed by atoms with Crippen LogP contribution < -0.4 is 9.64 Å². The predicted octanol–water partition coefficient (Wildman–Crippen LogP) is 2.67. The molecule has 0 radical (unpaired) electrons. The maximum atomic E-state index is 9.04. The molecule has 0 aromatic heterocycles. The highest BCUT2D eigenvalue weighted by Gasteiger charge is 2.08. The van der Waals surface area contributed by atoms with Gasteiger partial charge in [0.1, 0.15) is 5.75 Å². The summed E-state index contributed by atoms with van der Waals surface area (Å²) in [5.41, 5.74) is 0.734. The van der Waals surface area contributed by atoms with E-state index in [0.717, 1.165) is 5.69 Å². The summed E-state index contributed by atoms with van der Waals surface area (Å²) in [6.45, 7) is 3.57. The Labute approximate surface area is 106 Å². The minimum absolute atomic E-state index is 0.488. The van der Waals surface area contributed by atoms with E-state index in [9.17, 15) is 0 Å². The van der Waals surface area contributed by atoms with E-state index in [-0.39, 0.29) is 0 Å². The van der Waals surface area contributed by atoms with Crippen molar-refractivity contribution in [2.24, 2.45) is 0 Å².